The zero-order valence-electron chi connectivity index (χ0n) is 20.4. The van der Waals surface area contributed by atoms with Crippen molar-refractivity contribution < 1.29 is 14.5 Å². The number of hydrogen-bond donors (Lipinski definition) is 2. The Kier molecular flexibility index (Phi) is 9.81. The summed E-state index contributed by atoms with van der Waals surface area (Å²) in [6.07, 6.45) is 2.32. The number of nitrogens with zero attached hydrogens (tertiary/aromatic N) is 4. The highest BCUT2D eigenvalue weighted by molar-refractivity contribution is 7.99. The molecule has 2 N–H and O–H groups in total. The van der Waals surface area contributed by atoms with Crippen LogP contribution in [0.5, 0.6) is 0 Å². The van der Waals surface area contributed by atoms with Gasteiger partial charge >= 0.3 is 0 Å². The molecule has 3 aromatic rings. The van der Waals surface area contributed by atoms with Crippen LogP contribution >= 0.6 is 23.4 Å². The smallest absolute Gasteiger partial charge is 0.271 e. The molecule has 3 rings (SSSR count). The Morgan fingerprint density at radius 2 is 1.95 bits per heavy atom. The Hall–Kier alpha value is -3.70. The molecular weight excluding hydrogens is 516 g/mol. The van der Waals surface area contributed by atoms with Crippen LogP contribution in [-0.4, -0.2) is 37.3 Å². The predicted octanol–water partition coefficient (Wildman–Crippen LogP) is 5.27. The van der Waals surface area contributed by atoms with Crippen LogP contribution in [0.2, 0.25) is 5.02 Å². The zero-order valence-corrected chi connectivity index (χ0v) is 22.0. The van der Waals surface area contributed by atoms with Gasteiger partial charge < -0.3 is 15.2 Å². The number of amides is 2. The average Bonchev–Trinajstić information content (AvgIpc) is 3.26. The van der Waals surface area contributed by atoms with E-state index in [-0.39, 0.29) is 34.0 Å². The molecule has 194 valence electrons. The van der Waals surface area contributed by atoms with E-state index < -0.39 is 16.9 Å². The van der Waals surface area contributed by atoms with Crippen LogP contribution in [0.3, 0.4) is 0 Å². The summed E-state index contributed by atoms with van der Waals surface area (Å²) in [5.74, 6) is 0.138. The number of benzene rings is 2. The average molecular weight is 543 g/mol. The maximum absolute atomic E-state index is 12.9. The standard InChI is InChI=1S/C25H27ClN6O4S/c1-4-12-31-23(21(13-16(2)3)28-24(34)17-8-6-5-7-9-17)29-30-25(31)37-15-22(33)27-20-14-18(32(35)36)10-11-19(20)26/h4-11,14,16,21H,1,12-13,15H2,2-3H3,(H,27,33)(H,28,34). The molecular formula is C25H27ClN6O4S. The summed E-state index contributed by atoms with van der Waals surface area (Å²) in [5.41, 5.74) is 0.504. The molecule has 0 bridgehead atoms. The largest absolute Gasteiger partial charge is 0.342 e. The van der Waals surface area contributed by atoms with E-state index >= 15 is 0 Å². The highest BCUT2D eigenvalue weighted by Crippen LogP contribution is 2.28. The number of nitro benzene ring substituents is 1. The minimum Gasteiger partial charge on any atom is -0.342 e. The van der Waals surface area contributed by atoms with Gasteiger partial charge in [0.2, 0.25) is 5.91 Å². The number of non-ortho nitro benzene ring substituents is 1. The number of thioether (sulfide) groups is 1. The summed E-state index contributed by atoms with van der Waals surface area (Å²) in [7, 11) is 0. The maximum atomic E-state index is 12.9. The molecule has 1 unspecified atom stereocenters. The Balaban J connectivity index is 1.77. The Labute approximate surface area is 223 Å². The molecule has 1 atom stereocenters. The molecule has 0 aliphatic heterocycles. The highest BCUT2D eigenvalue weighted by Gasteiger charge is 2.25. The topological polar surface area (TPSA) is 132 Å². The molecule has 0 saturated carbocycles. The van der Waals surface area contributed by atoms with Crippen LogP contribution in [0.25, 0.3) is 0 Å². The molecule has 1 aromatic heterocycles. The summed E-state index contributed by atoms with van der Waals surface area (Å²) < 4.78 is 1.81. The van der Waals surface area contributed by atoms with Gasteiger partial charge in [0, 0.05) is 24.2 Å². The van der Waals surface area contributed by atoms with Gasteiger partial charge in [0.05, 0.1) is 27.4 Å². The number of nitro groups is 1. The van der Waals surface area contributed by atoms with Crippen molar-refractivity contribution in [3.05, 3.63) is 87.7 Å². The lowest BCUT2D eigenvalue weighted by Gasteiger charge is -2.21. The molecule has 0 radical (unpaired) electrons. The van der Waals surface area contributed by atoms with E-state index in [1.54, 1.807) is 30.3 Å². The van der Waals surface area contributed by atoms with Gasteiger partial charge in [-0.3, -0.25) is 19.7 Å². The third kappa shape index (κ3) is 7.64. The number of rotatable bonds is 12. The van der Waals surface area contributed by atoms with Crippen molar-refractivity contribution in [3.8, 4) is 0 Å². The fourth-order valence-electron chi connectivity index (χ4n) is 3.54. The fraction of sp³-hybridized carbons (Fsp3) is 0.280. The number of hydrogen-bond acceptors (Lipinski definition) is 7. The van der Waals surface area contributed by atoms with E-state index in [9.17, 15) is 19.7 Å². The van der Waals surface area contributed by atoms with Crippen LogP contribution in [0.1, 0.15) is 42.5 Å². The van der Waals surface area contributed by atoms with Gasteiger partial charge in [0.25, 0.3) is 11.6 Å². The van der Waals surface area contributed by atoms with Gasteiger partial charge in [-0.15, -0.1) is 16.8 Å². The lowest BCUT2D eigenvalue weighted by atomic mass is 10.0. The van der Waals surface area contributed by atoms with Crippen molar-refractivity contribution in [2.75, 3.05) is 11.1 Å². The first-order valence-electron chi connectivity index (χ1n) is 11.5. The Bertz CT molecular complexity index is 1280. The summed E-state index contributed by atoms with van der Waals surface area (Å²) >= 11 is 7.22. The third-order valence-corrected chi connectivity index (χ3v) is 6.48. The predicted molar refractivity (Wildman–Crippen MR) is 144 cm³/mol. The highest BCUT2D eigenvalue weighted by atomic mass is 35.5. The summed E-state index contributed by atoms with van der Waals surface area (Å²) in [4.78, 5) is 35.9. The second-order valence-corrected chi connectivity index (χ2v) is 9.87. The van der Waals surface area contributed by atoms with Gasteiger partial charge in [-0.25, -0.2) is 0 Å². The fourth-order valence-corrected chi connectivity index (χ4v) is 4.46. The van der Waals surface area contributed by atoms with Crippen molar-refractivity contribution in [1.29, 1.82) is 0 Å². The van der Waals surface area contributed by atoms with Crippen LogP contribution in [0.4, 0.5) is 11.4 Å². The number of nitrogens with one attached hydrogen (secondary N) is 2. The van der Waals surface area contributed by atoms with Crippen molar-refractivity contribution in [2.24, 2.45) is 5.92 Å². The first kappa shape index (κ1) is 27.9. The quantitative estimate of drug-likeness (QED) is 0.138. The van der Waals surface area contributed by atoms with Gasteiger partial charge in [0.1, 0.15) is 0 Å². The second-order valence-electron chi connectivity index (χ2n) is 8.52. The summed E-state index contributed by atoms with van der Waals surface area (Å²) in [6, 6.07) is 12.3. The zero-order chi connectivity index (χ0) is 26.9. The van der Waals surface area contributed by atoms with E-state index in [0.29, 0.717) is 29.5 Å². The molecule has 0 aliphatic rings. The molecule has 12 heteroatoms. The van der Waals surface area contributed by atoms with E-state index in [0.717, 1.165) is 11.8 Å². The number of carbonyl (C=O) groups excluding carboxylic acids is 2. The SMILES string of the molecule is C=CCn1c(SCC(=O)Nc2cc([N+](=O)[O-])ccc2Cl)nnc1C(CC(C)C)NC(=O)c1ccccc1. The number of aromatic nitrogens is 3. The Morgan fingerprint density at radius 3 is 2.59 bits per heavy atom. The number of allylic oxidation sites excluding steroid dienone is 1. The molecule has 2 aromatic carbocycles. The first-order valence-corrected chi connectivity index (χ1v) is 12.8. The molecule has 0 spiro atoms. The number of halogens is 1. The third-order valence-electron chi connectivity index (χ3n) is 5.18. The summed E-state index contributed by atoms with van der Waals surface area (Å²) in [5, 5.41) is 25.9. The first-order chi connectivity index (χ1) is 17.7. The summed E-state index contributed by atoms with van der Waals surface area (Å²) in [6.45, 7) is 8.28. The molecule has 0 fully saturated rings. The van der Waals surface area contributed by atoms with Gasteiger partial charge in [-0.05, 0) is 30.5 Å². The van der Waals surface area contributed by atoms with Gasteiger partial charge in [-0.1, -0.05) is 61.5 Å². The van der Waals surface area contributed by atoms with Gasteiger partial charge in [0.15, 0.2) is 11.0 Å². The lowest BCUT2D eigenvalue weighted by Crippen LogP contribution is -2.31. The van der Waals surface area contributed by atoms with E-state index in [1.807, 2.05) is 10.6 Å². The molecule has 10 nitrogen and oxygen atoms in total. The maximum Gasteiger partial charge on any atom is 0.271 e. The van der Waals surface area contributed by atoms with Crippen molar-refractivity contribution in [2.45, 2.75) is 38.0 Å². The van der Waals surface area contributed by atoms with Crippen LogP contribution in [-0.2, 0) is 11.3 Å². The van der Waals surface area contributed by atoms with Crippen molar-refractivity contribution in [3.63, 3.8) is 0 Å². The number of carbonyl (C=O) groups is 2. The molecule has 0 saturated heterocycles. The minimum atomic E-state index is -0.565. The lowest BCUT2D eigenvalue weighted by molar-refractivity contribution is -0.384. The monoisotopic (exact) mass is 542 g/mol. The molecule has 2 amide bonds. The Morgan fingerprint density at radius 1 is 1.22 bits per heavy atom. The molecule has 0 aliphatic carbocycles. The molecule has 37 heavy (non-hydrogen) atoms. The molecule has 1 heterocycles. The normalized spacial score (nSPS) is 11.7. The van der Waals surface area contributed by atoms with Crippen LogP contribution in [0, 0.1) is 16.0 Å². The van der Waals surface area contributed by atoms with Crippen molar-refractivity contribution in [1.82, 2.24) is 20.1 Å². The van der Waals surface area contributed by atoms with Gasteiger partial charge in [-0.2, -0.15) is 0 Å². The minimum absolute atomic E-state index is 0.0421. The van der Waals surface area contributed by atoms with Crippen LogP contribution < -0.4 is 10.6 Å². The van der Waals surface area contributed by atoms with E-state index in [1.165, 1.54) is 18.2 Å². The second kappa shape index (κ2) is 13.0. The van der Waals surface area contributed by atoms with E-state index in [4.69, 9.17) is 11.6 Å². The van der Waals surface area contributed by atoms with Crippen molar-refractivity contribution >= 4 is 46.6 Å². The number of anilines is 1. The van der Waals surface area contributed by atoms with E-state index in [2.05, 4.69) is 41.3 Å². The van der Waals surface area contributed by atoms with Crippen LogP contribution in [0.15, 0.2) is 66.3 Å².